The number of aromatic nitrogens is 1. The van der Waals surface area contributed by atoms with Gasteiger partial charge in [-0.05, 0) is 71.7 Å². The van der Waals surface area contributed by atoms with E-state index in [4.69, 9.17) is 4.74 Å². The number of thiophene rings is 1. The summed E-state index contributed by atoms with van der Waals surface area (Å²) < 4.78 is 7.25. The highest BCUT2D eigenvalue weighted by Gasteiger charge is 2.24. The van der Waals surface area contributed by atoms with Gasteiger partial charge in [0.15, 0.2) is 0 Å². The van der Waals surface area contributed by atoms with Crippen molar-refractivity contribution in [3.63, 3.8) is 0 Å². The topological polar surface area (TPSA) is 84.1 Å². The van der Waals surface area contributed by atoms with Crippen LogP contribution in [0.2, 0.25) is 0 Å². The van der Waals surface area contributed by atoms with Gasteiger partial charge < -0.3 is 14.6 Å². The third-order valence-electron chi connectivity index (χ3n) is 4.60. The summed E-state index contributed by atoms with van der Waals surface area (Å²) in [5.41, 5.74) is 4.02. The van der Waals surface area contributed by atoms with Crippen molar-refractivity contribution in [2.24, 2.45) is 0 Å². The lowest BCUT2D eigenvalue weighted by atomic mass is 10.1. The van der Waals surface area contributed by atoms with E-state index in [1.165, 1.54) is 11.3 Å². The third-order valence-corrected chi connectivity index (χ3v) is 5.80. The number of nitrogens with zero attached hydrogens (tertiary/aromatic N) is 2. The second kappa shape index (κ2) is 9.10. The Morgan fingerprint density at radius 3 is 2.52 bits per heavy atom. The van der Waals surface area contributed by atoms with Crippen LogP contribution in [0.15, 0.2) is 11.6 Å². The standard InChI is InChI=1S/C22H27N3O3S/c1-8-28-22(27)19-14(5)16(7)29-21(19)25-13(4)9-17(15(25)6)10-18(11-23)20(26)24-12(2)3/h9-10,12H,8H2,1-7H3,(H,24,26)/b18-10-. The van der Waals surface area contributed by atoms with Crippen molar-refractivity contribution in [2.45, 2.75) is 54.5 Å². The van der Waals surface area contributed by atoms with Crippen LogP contribution < -0.4 is 5.32 Å². The van der Waals surface area contributed by atoms with Gasteiger partial charge in [0.05, 0.1) is 12.2 Å². The Kier molecular flexibility index (Phi) is 7.04. The van der Waals surface area contributed by atoms with E-state index in [0.29, 0.717) is 12.2 Å². The second-order valence-electron chi connectivity index (χ2n) is 7.14. The molecule has 0 saturated heterocycles. The molecule has 0 radical (unpaired) electrons. The van der Waals surface area contributed by atoms with Crippen molar-refractivity contribution in [3.8, 4) is 11.1 Å². The average molecular weight is 414 g/mol. The molecule has 6 nitrogen and oxygen atoms in total. The quantitative estimate of drug-likeness (QED) is 0.433. The number of ether oxygens (including phenoxy) is 1. The van der Waals surface area contributed by atoms with Gasteiger partial charge in [-0.15, -0.1) is 11.3 Å². The Hall–Kier alpha value is -2.85. The molecule has 2 rings (SSSR count). The van der Waals surface area contributed by atoms with Crippen LogP contribution in [-0.4, -0.2) is 29.1 Å². The van der Waals surface area contributed by atoms with Crippen molar-refractivity contribution >= 4 is 29.3 Å². The normalized spacial score (nSPS) is 11.5. The Morgan fingerprint density at radius 1 is 1.31 bits per heavy atom. The lowest BCUT2D eigenvalue weighted by Crippen LogP contribution is -2.30. The third kappa shape index (κ3) is 4.60. The minimum Gasteiger partial charge on any atom is -0.462 e. The smallest absolute Gasteiger partial charge is 0.341 e. The number of amides is 1. The van der Waals surface area contributed by atoms with Gasteiger partial charge in [-0.25, -0.2) is 4.79 Å². The summed E-state index contributed by atoms with van der Waals surface area (Å²) in [5, 5.41) is 13.0. The molecule has 0 aliphatic heterocycles. The number of carbonyl (C=O) groups excluding carboxylic acids is 2. The van der Waals surface area contributed by atoms with Crippen LogP contribution in [0.3, 0.4) is 0 Å². The highest BCUT2D eigenvalue weighted by molar-refractivity contribution is 7.15. The molecule has 29 heavy (non-hydrogen) atoms. The lowest BCUT2D eigenvalue weighted by Gasteiger charge is -2.11. The average Bonchev–Trinajstić information content (AvgIpc) is 3.07. The summed E-state index contributed by atoms with van der Waals surface area (Å²) in [7, 11) is 0. The summed E-state index contributed by atoms with van der Waals surface area (Å²) >= 11 is 1.53. The summed E-state index contributed by atoms with van der Waals surface area (Å²) in [6.07, 6.45) is 1.59. The molecule has 7 heteroatoms. The fraction of sp³-hybridized carbons (Fsp3) is 0.409. The Labute approximate surface area is 175 Å². The maximum atomic E-state index is 12.6. The molecule has 2 heterocycles. The molecular formula is C22H27N3O3S. The van der Waals surface area contributed by atoms with E-state index in [0.717, 1.165) is 32.4 Å². The van der Waals surface area contributed by atoms with Gasteiger partial charge in [0.2, 0.25) is 0 Å². The van der Waals surface area contributed by atoms with Gasteiger partial charge in [0, 0.05) is 22.3 Å². The number of esters is 1. The van der Waals surface area contributed by atoms with E-state index >= 15 is 0 Å². The minimum atomic E-state index is -0.401. The lowest BCUT2D eigenvalue weighted by molar-refractivity contribution is -0.117. The van der Waals surface area contributed by atoms with Crippen molar-refractivity contribution in [1.29, 1.82) is 5.26 Å². The van der Waals surface area contributed by atoms with Crippen LogP contribution in [0.1, 0.15) is 58.5 Å². The first-order chi connectivity index (χ1) is 13.6. The molecule has 0 spiro atoms. The zero-order chi connectivity index (χ0) is 21.9. The van der Waals surface area contributed by atoms with E-state index in [9.17, 15) is 14.9 Å². The predicted octanol–water partition coefficient (Wildman–Crippen LogP) is 4.38. The van der Waals surface area contributed by atoms with Gasteiger partial charge >= 0.3 is 5.97 Å². The van der Waals surface area contributed by atoms with Crippen molar-refractivity contribution in [1.82, 2.24) is 9.88 Å². The highest BCUT2D eigenvalue weighted by Crippen LogP contribution is 2.35. The van der Waals surface area contributed by atoms with Crippen LogP contribution >= 0.6 is 11.3 Å². The zero-order valence-electron chi connectivity index (χ0n) is 18.0. The SMILES string of the molecule is CCOC(=O)c1c(-n2c(C)cc(/C=C(/C#N)C(=O)NC(C)C)c2C)sc(C)c1C. The molecule has 0 fully saturated rings. The Bertz CT molecular complexity index is 1020. The molecule has 1 amide bonds. The molecular weight excluding hydrogens is 386 g/mol. The van der Waals surface area contributed by atoms with Crippen LogP contribution in [0.5, 0.6) is 0 Å². The molecule has 154 valence electrons. The molecule has 0 aliphatic carbocycles. The summed E-state index contributed by atoms with van der Waals surface area (Å²) in [5.74, 6) is -0.745. The molecule has 0 atom stereocenters. The first kappa shape index (κ1) is 22.4. The Morgan fingerprint density at radius 2 is 1.97 bits per heavy atom. The monoisotopic (exact) mass is 413 g/mol. The number of carbonyl (C=O) groups is 2. The van der Waals surface area contributed by atoms with Gasteiger partial charge in [-0.1, -0.05) is 0 Å². The number of aryl methyl sites for hydroxylation is 2. The first-order valence-electron chi connectivity index (χ1n) is 9.51. The summed E-state index contributed by atoms with van der Waals surface area (Å²) in [6, 6.07) is 3.83. The number of nitrogens with one attached hydrogen (secondary N) is 1. The number of hydrogen-bond acceptors (Lipinski definition) is 5. The Balaban J connectivity index is 2.60. The first-order valence-corrected chi connectivity index (χ1v) is 10.3. The fourth-order valence-electron chi connectivity index (χ4n) is 3.10. The number of rotatable bonds is 6. The molecule has 0 unspecified atom stereocenters. The maximum Gasteiger partial charge on any atom is 0.341 e. The van der Waals surface area contributed by atoms with Crippen molar-refractivity contribution in [3.05, 3.63) is 44.6 Å². The second-order valence-corrected chi connectivity index (χ2v) is 8.35. The molecule has 2 aromatic heterocycles. The summed E-state index contributed by atoms with van der Waals surface area (Å²) in [4.78, 5) is 25.9. The van der Waals surface area contributed by atoms with E-state index in [2.05, 4.69) is 5.32 Å². The molecule has 0 bridgehead atoms. The van der Waals surface area contributed by atoms with Crippen LogP contribution in [0.25, 0.3) is 11.1 Å². The van der Waals surface area contributed by atoms with Crippen LogP contribution in [0, 0.1) is 39.0 Å². The number of nitriles is 1. The molecule has 2 aromatic rings. The van der Waals surface area contributed by atoms with E-state index in [-0.39, 0.29) is 17.6 Å². The molecule has 0 aliphatic rings. The van der Waals surface area contributed by atoms with E-state index < -0.39 is 5.91 Å². The van der Waals surface area contributed by atoms with Gasteiger partial charge in [-0.2, -0.15) is 5.26 Å². The number of hydrogen-bond donors (Lipinski definition) is 1. The minimum absolute atomic E-state index is 0.0445. The van der Waals surface area contributed by atoms with Gasteiger partial charge in [0.25, 0.3) is 5.91 Å². The largest absolute Gasteiger partial charge is 0.462 e. The summed E-state index contributed by atoms with van der Waals surface area (Å²) in [6.45, 7) is 13.5. The molecule has 0 saturated carbocycles. The van der Waals surface area contributed by atoms with Gasteiger partial charge in [-0.3, -0.25) is 4.79 Å². The van der Waals surface area contributed by atoms with E-state index in [1.54, 1.807) is 13.0 Å². The van der Waals surface area contributed by atoms with E-state index in [1.807, 2.05) is 58.2 Å². The van der Waals surface area contributed by atoms with Crippen LogP contribution in [-0.2, 0) is 9.53 Å². The van der Waals surface area contributed by atoms with Crippen molar-refractivity contribution < 1.29 is 14.3 Å². The highest BCUT2D eigenvalue weighted by atomic mass is 32.1. The molecule has 0 aromatic carbocycles. The maximum absolute atomic E-state index is 12.6. The van der Waals surface area contributed by atoms with Gasteiger partial charge in [0.1, 0.15) is 16.6 Å². The molecule has 1 N–H and O–H groups in total. The predicted molar refractivity (Wildman–Crippen MR) is 115 cm³/mol. The zero-order valence-corrected chi connectivity index (χ0v) is 18.8. The fourth-order valence-corrected chi connectivity index (χ4v) is 4.36. The van der Waals surface area contributed by atoms with Crippen LogP contribution in [0.4, 0.5) is 0 Å². The van der Waals surface area contributed by atoms with Crippen molar-refractivity contribution in [2.75, 3.05) is 6.61 Å².